The molecule has 2 aromatic carbocycles. The van der Waals surface area contributed by atoms with E-state index in [4.69, 9.17) is 4.98 Å². The average Bonchev–Trinajstić information content (AvgIpc) is 3.17. The van der Waals surface area contributed by atoms with Crippen molar-refractivity contribution >= 4 is 44.9 Å². The highest BCUT2D eigenvalue weighted by Crippen LogP contribution is 2.37. The van der Waals surface area contributed by atoms with Crippen LogP contribution in [0.3, 0.4) is 0 Å². The van der Waals surface area contributed by atoms with Crippen molar-refractivity contribution in [3.63, 3.8) is 0 Å². The largest absolute Gasteiger partial charge is 0.325 e. The molecule has 0 saturated carbocycles. The Labute approximate surface area is 198 Å². The summed E-state index contributed by atoms with van der Waals surface area (Å²) < 4.78 is 16.1. The van der Waals surface area contributed by atoms with E-state index in [1.807, 2.05) is 18.2 Å². The molecule has 4 aromatic rings. The summed E-state index contributed by atoms with van der Waals surface area (Å²) in [5.41, 5.74) is 1.61. The summed E-state index contributed by atoms with van der Waals surface area (Å²) in [5.74, 6) is -0.118. The van der Waals surface area contributed by atoms with Crippen molar-refractivity contribution in [2.75, 3.05) is 11.1 Å². The molecule has 1 aliphatic rings. The maximum absolute atomic E-state index is 14.8. The lowest BCUT2D eigenvalue weighted by Gasteiger charge is -2.18. The lowest BCUT2D eigenvalue weighted by molar-refractivity contribution is -0.113. The van der Waals surface area contributed by atoms with Gasteiger partial charge in [0.15, 0.2) is 5.16 Å². The third-order valence-electron chi connectivity index (χ3n) is 5.78. The first-order valence-corrected chi connectivity index (χ1v) is 12.6. The number of halogens is 1. The number of para-hydroxylation sites is 2. The van der Waals surface area contributed by atoms with Crippen LogP contribution < -0.4 is 10.9 Å². The summed E-state index contributed by atoms with van der Waals surface area (Å²) in [5, 5.41) is 3.73. The van der Waals surface area contributed by atoms with Crippen molar-refractivity contribution in [1.82, 2.24) is 9.55 Å². The fraction of sp³-hybridized carbons (Fsp3) is 0.240. The SMILES string of the molecule is CC1CCc2c(sc3nc(SCC(=O)Nc4ccccc4)n(-c4ccccc4F)c(=O)c23)C1. The number of aryl methyl sites for hydroxylation is 1. The number of hydrogen-bond donors (Lipinski definition) is 1. The van der Waals surface area contributed by atoms with Crippen LogP contribution in [-0.4, -0.2) is 21.2 Å². The lowest BCUT2D eigenvalue weighted by Crippen LogP contribution is -2.24. The third-order valence-corrected chi connectivity index (χ3v) is 7.87. The van der Waals surface area contributed by atoms with Crippen LogP contribution in [0.4, 0.5) is 10.1 Å². The fourth-order valence-electron chi connectivity index (χ4n) is 4.16. The third kappa shape index (κ3) is 4.32. The van der Waals surface area contributed by atoms with Gasteiger partial charge >= 0.3 is 0 Å². The predicted molar refractivity (Wildman–Crippen MR) is 132 cm³/mol. The van der Waals surface area contributed by atoms with Gasteiger partial charge in [0.05, 0.1) is 16.8 Å². The number of nitrogens with zero attached hydrogens (tertiary/aromatic N) is 2. The Morgan fingerprint density at radius 2 is 1.97 bits per heavy atom. The number of thioether (sulfide) groups is 1. The monoisotopic (exact) mass is 479 g/mol. The molecule has 0 fully saturated rings. The number of benzene rings is 2. The number of nitrogens with one attached hydrogen (secondary N) is 1. The molecule has 0 aliphatic heterocycles. The molecule has 5 rings (SSSR count). The number of thiophene rings is 1. The van der Waals surface area contributed by atoms with Gasteiger partial charge in [-0.15, -0.1) is 11.3 Å². The Morgan fingerprint density at radius 1 is 1.21 bits per heavy atom. The van der Waals surface area contributed by atoms with Crippen LogP contribution in [0.15, 0.2) is 64.5 Å². The molecular formula is C25H22FN3O2S2. The highest BCUT2D eigenvalue weighted by molar-refractivity contribution is 7.99. The van der Waals surface area contributed by atoms with Crippen molar-refractivity contribution in [3.8, 4) is 5.69 Å². The number of carbonyl (C=O) groups excluding carboxylic acids is 1. The summed E-state index contributed by atoms with van der Waals surface area (Å²) in [7, 11) is 0. The molecule has 1 aliphatic carbocycles. The van der Waals surface area contributed by atoms with E-state index in [2.05, 4.69) is 12.2 Å². The van der Waals surface area contributed by atoms with Gasteiger partial charge in [0.25, 0.3) is 5.56 Å². The van der Waals surface area contributed by atoms with Gasteiger partial charge in [-0.25, -0.2) is 9.37 Å². The maximum Gasteiger partial charge on any atom is 0.267 e. The zero-order valence-electron chi connectivity index (χ0n) is 18.0. The van der Waals surface area contributed by atoms with Gasteiger partial charge in [0.1, 0.15) is 10.6 Å². The Bertz CT molecular complexity index is 1400. The van der Waals surface area contributed by atoms with E-state index in [1.165, 1.54) is 15.5 Å². The van der Waals surface area contributed by atoms with Crippen molar-refractivity contribution in [2.45, 2.75) is 31.3 Å². The van der Waals surface area contributed by atoms with E-state index < -0.39 is 5.82 Å². The molecule has 1 N–H and O–H groups in total. The highest BCUT2D eigenvalue weighted by atomic mass is 32.2. The van der Waals surface area contributed by atoms with Crippen LogP contribution in [0.5, 0.6) is 0 Å². The molecule has 0 spiro atoms. The van der Waals surface area contributed by atoms with E-state index in [0.29, 0.717) is 27.0 Å². The second-order valence-corrected chi connectivity index (χ2v) is 10.2. The zero-order chi connectivity index (χ0) is 22.9. The summed E-state index contributed by atoms with van der Waals surface area (Å²) in [6.07, 6.45) is 2.78. The minimum absolute atomic E-state index is 0.0451. The standard InChI is InChI=1S/C25H22FN3O2S2/c1-15-11-12-17-20(13-15)33-23-22(17)24(31)29(19-10-6-5-9-18(19)26)25(28-23)32-14-21(30)27-16-7-3-2-4-8-16/h2-10,15H,11-14H2,1H3,(H,27,30). The summed E-state index contributed by atoms with van der Waals surface area (Å²) >= 11 is 2.68. The van der Waals surface area contributed by atoms with Crippen molar-refractivity contribution in [3.05, 3.63) is 81.2 Å². The quantitative estimate of drug-likeness (QED) is 0.306. The van der Waals surface area contributed by atoms with Gasteiger partial charge in [-0.3, -0.25) is 14.2 Å². The van der Waals surface area contributed by atoms with Crippen LogP contribution in [0.25, 0.3) is 15.9 Å². The fourth-order valence-corrected chi connectivity index (χ4v) is 6.39. The number of amides is 1. The minimum atomic E-state index is -0.506. The first-order valence-electron chi connectivity index (χ1n) is 10.8. The molecule has 5 nitrogen and oxygen atoms in total. The smallest absolute Gasteiger partial charge is 0.267 e. The van der Waals surface area contributed by atoms with Gasteiger partial charge in [0.2, 0.25) is 5.91 Å². The van der Waals surface area contributed by atoms with E-state index in [0.717, 1.165) is 36.6 Å². The number of hydrogen-bond acceptors (Lipinski definition) is 5. The van der Waals surface area contributed by atoms with E-state index in [9.17, 15) is 14.0 Å². The van der Waals surface area contributed by atoms with Gasteiger partial charge in [-0.2, -0.15) is 0 Å². The lowest BCUT2D eigenvalue weighted by atomic mass is 9.89. The Morgan fingerprint density at radius 3 is 2.76 bits per heavy atom. The average molecular weight is 480 g/mol. The van der Waals surface area contributed by atoms with Crippen molar-refractivity contribution in [2.24, 2.45) is 5.92 Å². The molecule has 33 heavy (non-hydrogen) atoms. The van der Waals surface area contributed by atoms with Crippen LogP contribution in [0.2, 0.25) is 0 Å². The minimum Gasteiger partial charge on any atom is -0.325 e. The van der Waals surface area contributed by atoms with Gasteiger partial charge in [-0.1, -0.05) is 49.0 Å². The molecule has 1 atom stereocenters. The molecule has 0 radical (unpaired) electrons. The molecule has 1 amide bonds. The second kappa shape index (κ2) is 9.11. The number of rotatable bonds is 5. The highest BCUT2D eigenvalue weighted by Gasteiger charge is 2.26. The number of anilines is 1. The Balaban J connectivity index is 1.56. The van der Waals surface area contributed by atoms with Crippen LogP contribution >= 0.6 is 23.1 Å². The van der Waals surface area contributed by atoms with E-state index >= 15 is 0 Å². The Kier molecular flexibility index (Phi) is 6.03. The van der Waals surface area contributed by atoms with Gasteiger partial charge in [-0.05, 0) is 55.0 Å². The summed E-state index contributed by atoms with van der Waals surface area (Å²) in [6, 6.07) is 15.3. The molecule has 2 heterocycles. The van der Waals surface area contributed by atoms with Crippen LogP contribution in [-0.2, 0) is 17.6 Å². The van der Waals surface area contributed by atoms with Crippen molar-refractivity contribution < 1.29 is 9.18 Å². The number of carbonyl (C=O) groups is 1. The molecule has 0 saturated heterocycles. The summed E-state index contributed by atoms with van der Waals surface area (Å²) in [4.78, 5) is 32.8. The normalized spacial score (nSPS) is 15.4. The molecule has 1 unspecified atom stereocenters. The van der Waals surface area contributed by atoms with Crippen molar-refractivity contribution in [1.29, 1.82) is 0 Å². The number of aromatic nitrogens is 2. The predicted octanol–water partition coefficient (Wildman–Crippen LogP) is 5.44. The molecule has 168 valence electrons. The molecule has 2 aromatic heterocycles. The molecule has 8 heteroatoms. The molecular weight excluding hydrogens is 457 g/mol. The first-order chi connectivity index (χ1) is 16.0. The zero-order valence-corrected chi connectivity index (χ0v) is 19.6. The number of fused-ring (bicyclic) bond motifs is 3. The maximum atomic E-state index is 14.8. The Hall–Kier alpha value is -2.97. The van der Waals surface area contributed by atoms with Crippen LogP contribution in [0.1, 0.15) is 23.8 Å². The first kappa shape index (κ1) is 21.9. The molecule has 0 bridgehead atoms. The summed E-state index contributed by atoms with van der Waals surface area (Å²) in [6.45, 7) is 2.21. The topological polar surface area (TPSA) is 64.0 Å². The van der Waals surface area contributed by atoms with E-state index in [-0.39, 0.29) is 22.9 Å². The second-order valence-electron chi connectivity index (χ2n) is 8.22. The van der Waals surface area contributed by atoms with Gasteiger partial charge in [0, 0.05) is 10.6 Å². The van der Waals surface area contributed by atoms with E-state index in [1.54, 1.807) is 41.7 Å². The van der Waals surface area contributed by atoms with Crippen LogP contribution in [0, 0.1) is 11.7 Å². The van der Waals surface area contributed by atoms with Gasteiger partial charge < -0.3 is 5.32 Å².